The normalized spacial score (nSPS) is 15.2. The van der Waals surface area contributed by atoms with E-state index in [1.165, 1.54) is 21.9 Å². The summed E-state index contributed by atoms with van der Waals surface area (Å²) in [5.74, 6) is 1.76. The van der Waals surface area contributed by atoms with E-state index in [0.29, 0.717) is 6.04 Å². The molecule has 1 aliphatic rings. The molecule has 0 amide bonds. The molecule has 1 fully saturated rings. The average molecular weight is 544 g/mol. The molecule has 1 aliphatic heterocycles. The van der Waals surface area contributed by atoms with Gasteiger partial charge in [-0.25, -0.2) is 0 Å². The maximum absolute atomic E-state index is 5.32. The molecule has 0 bridgehead atoms. The first-order valence-electron chi connectivity index (χ1n) is 11.0. The number of rotatable bonds is 6. The van der Waals surface area contributed by atoms with Crippen LogP contribution in [0, 0.1) is 0 Å². The van der Waals surface area contributed by atoms with Crippen molar-refractivity contribution in [3.8, 4) is 5.75 Å². The van der Waals surface area contributed by atoms with Gasteiger partial charge in [0, 0.05) is 39.3 Å². The van der Waals surface area contributed by atoms with Crippen LogP contribution >= 0.6 is 24.0 Å². The number of aliphatic imine (C=N–C) groups is 1. The van der Waals surface area contributed by atoms with Gasteiger partial charge >= 0.3 is 0 Å². The number of benzene rings is 3. The van der Waals surface area contributed by atoms with E-state index in [2.05, 4.69) is 81.2 Å². The van der Waals surface area contributed by atoms with E-state index >= 15 is 0 Å². The van der Waals surface area contributed by atoms with Crippen molar-refractivity contribution < 1.29 is 4.74 Å². The topological polar surface area (TPSA) is 48.9 Å². The second-order valence-corrected chi connectivity index (χ2v) is 8.15. The lowest BCUT2D eigenvalue weighted by Gasteiger charge is -2.33. The number of hydrogen-bond acceptors (Lipinski definition) is 3. The predicted octanol–water partition coefficient (Wildman–Crippen LogP) is 4.80. The lowest BCUT2D eigenvalue weighted by Crippen LogP contribution is -2.48. The molecule has 3 aromatic carbocycles. The summed E-state index contributed by atoms with van der Waals surface area (Å²) in [4.78, 5) is 6.97. The molecule has 0 saturated carbocycles. The van der Waals surface area contributed by atoms with Crippen LogP contribution in [0.2, 0.25) is 0 Å². The first-order valence-corrected chi connectivity index (χ1v) is 11.0. The summed E-state index contributed by atoms with van der Waals surface area (Å²) in [6, 6.07) is 23.9. The Morgan fingerprint density at radius 3 is 2.41 bits per heavy atom. The zero-order valence-corrected chi connectivity index (χ0v) is 21.2. The van der Waals surface area contributed by atoms with Crippen molar-refractivity contribution >= 4 is 40.7 Å². The first kappa shape index (κ1) is 24.3. The van der Waals surface area contributed by atoms with Crippen molar-refractivity contribution in [2.45, 2.75) is 32.0 Å². The number of hydrogen-bond donors (Lipinski definition) is 2. The van der Waals surface area contributed by atoms with Crippen LogP contribution in [0.3, 0.4) is 0 Å². The Bertz CT molecular complexity index is 1020. The van der Waals surface area contributed by atoms with Gasteiger partial charge in [0.15, 0.2) is 5.96 Å². The van der Waals surface area contributed by atoms with Crippen molar-refractivity contribution in [1.29, 1.82) is 0 Å². The number of halogens is 1. The molecule has 0 aromatic heterocycles. The van der Waals surface area contributed by atoms with Crippen LogP contribution < -0.4 is 15.4 Å². The van der Waals surface area contributed by atoms with Crippen LogP contribution in [0.4, 0.5) is 0 Å². The summed E-state index contributed by atoms with van der Waals surface area (Å²) in [5.41, 5.74) is 2.62. The van der Waals surface area contributed by atoms with Crippen LogP contribution in [0.25, 0.3) is 10.8 Å². The highest BCUT2D eigenvalue weighted by Crippen LogP contribution is 2.22. The van der Waals surface area contributed by atoms with E-state index in [0.717, 1.165) is 50.7 Å². The molecule has 2 N–H and O–H groups in total. The van der Waals surface area contributed by atoms with Gasteiger partial charge in [-0.2, -0.15) is 0 Å². The molecule has 3 aromatic rings. The number of methoxy groups -OCH3 is 1. The lowest BCUT2D eigenvalue weighted by atomic mass is 10.0. The van der Waals surface area contributed by atoms with E-state index in [9.17, 15) is 0 Å². The summed E-state index contributed by atoms with van der Waals surface area (Å²) in [6.45, 7) is 4.00. The van der Waals surface area contributed by atoms with E-state index in [1.54, 1.807) is 7.11 Å². The molecule has 170 valence electrons. The van der Waals surface area contributed by atoms with Gasteiger partial charge < -0.3 is 15.4 Å². The Kier molecular flexibility index (Phi) is 9.17. The third kappa shape index (κ3) is 6.59. The molecule has 1 saturated heterocycles. The number of nitrogens with one attached hydrogen (secondary N) is 2. The van der Waals surface area contributed by atoms with Gasteiger partial charge in [-0.05, 0) is 52.9 Å². The third-order valence-corrected chi connectivity index (χ3v) is 5.97. The van der Waals surface area contributed by atoms with Crippen molar-refractivity contribution in [1.82, 2.24) is 15.5 Å². The van der Waals surface area contributed by atoms with Crippen LogP contribution in [0.15, 0.2) is 71.7 Å². The summed E-state index contributed by atoms with van der Waals surface area (Å²) in [6.07, 6.45) is 2.26. The lowest BCUT2D eigenvalue weighted by molar-refractivity contribution is 0.198. The molecule has 0 radical (unpaired) electrons. The average Bonchev–Trinajstić information content (AvgIpc) is 2.83. The van der Waals surface area contributed by atoms with Gasteiger partial charge in [-0.3, -0.25) is 9.89 Å². The quantitative estimate of drug-likeness (QED) is 0.266. The molecule has 0 aliphatic carbocycles. The minimum Gasteiger partial charge on any atom is -0.497 e. The third-order valence-electron chi connectivity index (χ3n) is 5.97. The minimum absolute atomic E-state index is 0. The fraction of sp³-hybridized carbons (Fsp3) is 0.346. The molecule has 1 heterocycles. The predicted molar refractivity (Wildman–Crippen MR) is 144 cm³/mol. The summed E-state index contributed by atoms with van der Waals surface area (Å²) < 4.78 is 5.32. The second-order valence-electron chi connectivity index (χ2n) is 8.15. The number of ether oxygens (including phenoxy) is 1. The van der Waals surface area contributed by atoms with Crippen LogP contribution in [0.5, 0.6) is 5.75 Å². The van der Waals surface area contributed by atoms with Gasteiger partial charge in [-0.15, -0.1) is 24.0 Å². The fourth-order valence-electron chi connectivity index (χ4n) is 4.16. The Balaban J connectivity index is 0.00000289. The summed E-state index contributed by atoms with van der Waals surface area (Å²) in [7, 11) is 3.54. The molecule has 6 heteroatoms. The molecular formula is C26H33IN4O. The molecular weight excluding hydrogens is 511 g/mol. The van der Waals surface area contributed by atoms with Crippen molar-refractivity contribution in [2.75, 3.05) is 27.2 Å². The fourth-order valence-corrected chi connectivity index (χ4v) is 4.16. The molecule has 32 heavy (non-hydrogen) atoms. The Morgan fingerprint density at radius 2 is 1.69 bits per heavy atom. The van der Waals surface area contributed by atoms with Gasteiger partial charge in [0.1, 0.15) is 5.75 Å². The highest BCUT2D eigenvalue weighted by molar-refractivity contribution is 14.0. The zero-order valence-electron chi connectivity index (χ0n) is 18.9. The van der Waals surface area contributed by atoms with Gasteiger partial charge in [-0.1, -0.05) is 48.5 Å². The Labute approximate surface area is 208 Å². The number of guanidine groups is 1. The maximum atomic E-state index is 5.32. The highest BCUT2D eigenvalue weighted by Gasteiger charge is 2.20. The summed E-state index contributed by atoms with van der Waals surface area (Å²) >= 11 is 0. The Morgan fingerprint density at radius 1 is 0.969 bits per heavy atom. The standard InChI is InChI=1S/C26H32N4O.HI/c1-27-26(28-18-21-8-9-23-17-25(31-2)11-10-22(23)16-21)29-24-12-14-30(15-13-24)19-20-6-4-3-5-7-20;/h3-11,16-17,24H,12-15,18-19H2,1-2H3,(H2,27,28,29);1H. The SMILES string of the molecule is CN=C(NCc1ccc2cc(OC)ccc2c1)NC1CCN(Cc2ccccc2)CC1.I. The largest absolute Gasteiger partial charge is 0.497 e. The molecule has 4 rings (SSSR count). The maximum Gasteiger partial charge on any atom is 0.191 e. The smallest absolute Gasteiger partial charge is 0.191 e. The van der Waals surface area contributed by atoms with E-state index in [1.807, 2.05) is 13.1 Å². The molecule has 0 unspecified atom stereocenters. The van der Waals surface area contributed by atoms with Crippen LogP contribution in [-0.2, 0) is 13.1 Å². The van der Waals surface area contributed by atoms with Crippen molar-refractivity contribution in [3.63, 3.8) is 0 Å². The number of fused-ring (bicyclic) bond motifs is 1. The summed E-state index contributed by atoms with van der Waals surface area (Å²) in [5, 5.41) is 9.48. The molecule has 5 nitrogen and oxygen atoms in total. The number of likely N-dealkylation sites (tertiary alicyclic amines) is 1. The van der Waals surface area contributed by atoms with E-state index in [-0.39, 0.29) is 24.0 Å². The van der Waals surface area contributed by atoms with Crippen LogP contribution in [-0.4, -0.2) is 44.1 Å². The zero-order chi connectivity index (χ0) is 21.5. The van der Waals surface area contributed by atoms with E-state index < -0.39 is 0 Å². The highest BCUT2D eigenvalue weighted by atomic mass is 127. The van der Waals surface area contributed by atoms with Crippen LogP contribution in [0.1, 0.15) is 24.0 Å². The monoisotopic (exact) mass is 544 g/mol. The van der Waals surface area contributed by atoms with Crippen molar-refractivity contribution in [3.05, 3.63) is 77.9 Å². The number of piperidine rings is 1. The number of nitrogens with zero attached hydrogens (tertiary/aromatic N) is 2. The minimum atomic E-state index is 0. The van der Waals surface area contributed by atoms with Gasteiger partial charge in [0.05, 0.1) is 7.11 Å². The van der Waals surface area contributed by atoms with E-state index in [4.69, 9.17) is 4.74 Å². The van der Waals surface area contributed by atoms with Crippen molar-refractivity contribution in [2.24, 2.45) is 4.99 Å². The Hall–Kier alpha value is -2.32. The second kappa shape index (κ2) is 12.1. The van der Waals surface area contributed by atoms with Gasteiger partial charge in [0.25, 0.3) is 0 Å². The molecule has 0 spiro atoms. The first-order chi connectivity index (χ1) is 15.2. The molecule has 0 atom stereocenters. The van der Waals surface area contributed by atoms with Gasteiger partial charge in [0.2, 0.25) is 0 Å².